The molecule has 3 amide bonds. The Kier molecular flexibility index (Phi) is 7.51. The predicted octanol–water partition coefficient (Wildman–Crippen LogP) is 4.53. The van der Waals surface area contributed by atoms with E-state index in [1.165, 1.54) is 6.42 Å². The number of likely N-dealkylation sites (tertiary alicyclic amines) is 1. The first kappa shape index (κ1) is 23.9. The van der Waals surface area contributed by atoms with Crippen LogP contribution in [0, 0.1) is 0 Å². The number of anilines is 1. The zero-order valence-corrected chi connectivity index (χ0v) is 20.5. The van der Waals surface area contributed by atoms with Crippen molar-refractivity contribution in [1.29, 1.82) is 0 Å². The Labute approximate surface area is 200 Å². The molecule has 33 heavy (non-hydrogen) atoms. The molecule has 1 N–H and O–H groups in total. The van der Waals surface area contributed by atoms with Crippen molar-refractivity contribution < 1.29 is 19.1 Å². The lowest BCUT2D eigenvalue weighted by molar-refractivity contribution is -0.113. The molecule has 1 spiro atoms. The summed E-state index contributed by atoms with van der Waals surface area (Å²) in [5.41, 5.74) is 1.04. The number of amides is 3. The topological polar surface area (TPSA) is 79.0 Å². The van der Waals surface area contributed by atoms with Crippen LogP contribution in [0.1, 0.15) is 69.2 Å². The first-order valence-corrected chi connectivity index (χ1v) is 13.2. The quantitative estimate of drug-likeness (QED) is 0.657. The zero-order chi connectivity index (χ0) is 23.4. The van der Waals surface area contributed by atoms with Crippen LogP contribution in [-0.4, -0.2) is 70.0 Å². The van der Waals surface area contributed by atoms with E-state index in [1.807, 2.05) is 9.80 Å². The molecule has 1 aliphatic carbocycles. The minimum Gasteiger partial charge on any atom is -0.441 e. The summed E-state index contributed by atoms with van der Waals surface area (Å²) in [4.78, 5) is 41.3. The highest BCUT2D eigenvalue weighted by molar-refractivity contribution is 8.00. The lowest BCUT2D eigenvalue weighted by Gasteiger charge is -2.36. The van der Waals surface area contributed by atoms with Crippen LogP contribution in [-0.2, 0) is 9.53 Å². The molecule has 3 fully saturated rings. The Balaban J connectivity index is 1.27. The Hall–Kier alpha value is -2.22. The van der Waals surface area contributed by atoms with Crippen LogP contribution in [0.3, 0.4) is 0 Å². The Bertz CT molecular complexity index is 859. The van der Waals surface area contributed by atoms with Crippen molar-refractivity contribution in [3.63, 3.8) is 0 Å². The van der Waals surface area contributed by atoms with Crippen LogP contribution < -0.4 is 5.32 Å². The summed E-state index contributed by atoms with van der Waals surface area (Å²) >= 11 is 1.60. The minimum absolute atomic E-state index is 0.00515. The molecule has 1 saturated carbocycles. The summed E-state index contributed by atoms with van der Waals surface area (Å²) in [6.07, 6.45) is 6.81. The molecule has 2 heterocycles. The van der Waals surface area contributed by atoms with E-state index in [9.17, 15) is 14.4 Å². The summed E-state index contributed by atoms with van der Waals surface area (Å²) in [5, 5.41) is 3.28. The predicted molar refractivity (Wildman–Crippen MR) is 131 cm³/mol. The molecule has 1 aromatic carbocycles. The summed E-state index contributed by atoms with van der Waals surface area (Å²) in [5.74, 6) is 0.374. The fraction of sp³-hybridized carbons (Fsp3) is 0.640. The number of piperidine rings is 1. The molecular formula is C25H35N3O4S. The van der Waals surface area contributed by atoms with Crippen molar-refractivity contribution in [3.05, 3.63) is 29.8 Å². The Morgan fingerprint density at radius 3 is 2.42 bits per heavy atom. The minimum atomic E-state index is -0.271. The van der Waals surface area contributed by atoms with Gasteiger partial charge in [-0.05, 0) is 68.0 Å². The lowest BCUT2D eigenvalue weighted by atomic mass is 9.84. The number of carbonyl (C=O) groups is 3. The average molecular weight is 474 g/mol. The van der Waals surface area contributed by atoms with Crippen LogP contribution in [0.4, 0.5) is 10.5 Å². The van der Waals surface area contributed by atoms with Gasteiger partial charge in [0.1, 0.15) is 5.60 Å². The number of benzene rings is 1. The highest BCUT2D eigenvalue weighted by atomic mass is 32.2. The lowest BCUT2D eigenvalue weighted by Crippen LogP contribution is -2.48. The van der Waals surface area contributed by atoms with Crippen LogP contribution >= 0.6 is 11.8 Å². The van der Waals surface area contributed by atoms with E-state index in [1.54, 1.807) is 36.0 Å². The normalized spacial score (nSPS) is 20.9. The van der Waals surface area contributed by atoms with Crippen LogP contribution in [0.15, 0.2) is 24.3 Å². The molecule has 3 aliphatic rings. The summed E-state index contributed by atoms with van der Waals surface area (Å²) < 4.78 is 5.84. The molecule has 0 bridgehead atoms. The molecule has 0 aromatic heterocycles. The van der Waals surface area contributed by atoms with E-state index in [2.05, 4.69) is 19.2 Å². The number of nitrogens with one attached hydrogen (secondary N) is 1. The maximum absolute atomic E-state index is 13.0. The third kappa shape index (κ3) is 5.83. The van der Waals surface area contributed by atoms with Gasteiger partial charge in [0, 0.05) is 30.4 Å². The molecule has 7 nitrogen and oxygen atoms in total. The van der Waals surface area contributed by atoms with Crippen LogP contribution in [0.5, 0.6) is 0 Å². The van der Waals surface area contributed by atoms with Crippen molar-refractivity contribution in [2.24, 2.45) is 0 Å². The van der Waals surface area contributed by atoms with Crippen molar-refractivity contribution in [2.75, 3.05) is 30.7 Å². The van der Waals surface area contributed by atoms with E-state index in [-0.39, 0.29) is 29.6 Å². The first-order valence-electron chi connectivity index (χ1n) is 12.2. The highest BCUT2D eigenvalue weighted by Crippen LogP contribution is 2.38. The first-order chi connectivity index (χ1) is 15.8. The van der Waals surface area contributed by atoms with Gasteiger partial charge in [0.2, 0.25) is 5.91 Å². The summed E-state index contributed by atoms with van der Waals surface area (Å²) in [7, 11) is 0. The molecule has 0 radical (unpaired) electrons. The molecule has 0 atom stereocenters. The van der Waals surface area contributed by atoms with Gasteiger partial charge in [0.15, 0.2) is 0 Å². The van der Waals surface area contributed by atoms with Gasteiger partial charge in [-0.1, -0.05) is 20.3 Å². The maximum atomic E-state index is 13.0. The molecule has 4 rings (SSSR count). The second kappa shape index (κ2) is 10.4. The Morgan fingerprint density at radius 2 is 1.79 bits per heavy atom. The van der Waals surface area contributed by atoms with Gasteiger partial charge in [-0.25, -0.2) is 4.79 Å². The number of ether oxygens (including phenoxy) is 1. The van der Waals surface area contributed by atoms with Crippen molar-refractivity contribution in [2.45, 2.75) is 75.7 Å². The summed E-state index contributed by atoms with van der Waals surface area (Å²) in [6.45, 7) is 6.08. The summed E-state index contributed by atoms with van der Waals surface area (Å²) in [6, 6.07) is 7.24. The number of hydrogen-bond donors (Lipinski definition) is 1. The molecule has 180 valence electrons. The second-order valence-electron chi connectivity index (χ2n) is 9.75. The molecule has 2 saturated heterocycles. The van der Waals surface area contributed by atoms with Gasteiger partial charge >= 0.3 is 6.09 Å². The van der Waals surface area contributed by atoms with E-state index in [0.717, 1.165) is 38.5 Å². The second-order valence-corrected chi connectivity index (χ2v) is 11.3. The third-order valence-corrected chi connectivity index (χ3v) is 8.01. The monoisotopic (exact) mass is 473 g/mol. The molecule has 0 unspecified atom stereocenters. The molecular weight excluding hydrogens is 438 g/mol. The molecule has 8 heteroatoms. The van der Waals surface area contributed by atoms with Crippen molar-refractivity contribution in [1.82, 2.24) is 9.80 Å². The zero-order valence-electron chi connectivity index (χ0n) is 19.7. The van der Waals surface area contributed by atoms with Crippen LogP contribution in [0.2, 0.25) is 0 Å². The fourth-order valence-electron chi connectivity index (χ4n) is 5.08. The molecule has 2 aliphatic heterocycles. The fourth-order valence-corrected chi connectivity index (χ4v) is 5.64. The number of hydrogen-bond acceptors (Lipinski definition) is 5. The SMILES string of the molecule is CC(C)SCC(=O)Nc1ccc(C(=O)N2CCC(N3CC4(CCCCC4)OC3=O)CC2)cc1. The van der Waals surface area contributed by atoms with Gasteiger partial charge in [0.25, 0.3) is 5.91 Å². The van der Waals surface area contributed by atoms with E-state index in [0.29, 0.717) is 41.9 Å². The van der Waals surface area contributed by atoms with Gasteiger partial charge in [-0.3, -0.25) is 9.59 Å². The number of rotatable bonds is 6. The van der Waals surface area contributed by atoms with E-state index < -0.39 is 0 Å². The highest BCUT2D eigenvalue weighted by Gasteiger charge is 2.48. The van der Waals surface area contributed by atoms with E-state index in [4.69, 9.17) is 4.74 Å². The standard InChI is InChI=1S/C25H35N3O4S/c1-18(2)33-16-22(29)26-20-8-6-19(7-9-20)23(30)27-14-10-21(11-15-27)28-17-25(32-24(28)31)12-4-3-5-13-25/h6-9,18,21H,3-5,10-17H2,1-2H3,(H,26,29). The number of nitrogens with zero attached hydrogens (tertiary/aromatic N) is 2. The van der Waals surface area contributed by atoms with E-state index >= 15 is 0 Å². The molecule has 1 aromatic rings. The van der Waals surface area contributed by atoms with Crippen LogP contribution in [0.25, 0.3) is 0 Å². The average Bonchev–Trinajstić information content (AvgIpc) is 3.13. The third-order valence-electron chi connectivity index (χ3n) is 6.92. The van der Waals surface area contributed by atoms with Gasteiger partial charge in [0.05, 0.1) is 12.3 Å². The van der Waals surface area contributed by atoms with Gasteiger partial charge in [-0.15, -0.1) is 11.8 Å². The Morgan fingerprint density at radius 1 is 1.12 bits per heavy atom. The van der Waals surface area contributed by atoms with Crippen molar-refractivity contribution in [3.8, 4) is 0 Å². The van der Waals surface area contributed by atoms with Gasteiger partial charge < -0.3 is 19.9 Å². The number of thioether (sulfide) groups is 1. The van der Waals surface area contributed by atoms with Crippen molar-refractivity contribution >= 4 is 35.4 Å². The smallest absolute Gasteiger partial charge is 0.410 e. The van der Waals surface area contributed by atoms with Gasteiger partial charge in [-0.2, -0.15) is 0 Å². The maximum Gasteiger partial charge on any atom is 0.410 e. The number of carbonyl (C=O) groups excluding carboxylic acids is 3. The largest absolute Gasteiger partial charge is 0.441 e.